The van der Waals surface area contributed by atoms with Crippen molar-refractivity contribution in [2.24, 2.45) is 0 Å². The predicted octanol–water partition coefficient (Wildman–Crippen LogP) is 5.56. The fourth-order valence-electron chi connectivity index (χ4n) is 4.12. The van der Waals surface area contributed by atoms with E-state index < -0.39 is 19.0 Å². The molecule has 0 heterocycles. The Bertz CT molecular complexity index is 969. The van der Waals surface area contributed by atoms with Gasteiger partial charge in [0, 0.05) is 7.11 Å². The zero-order valence-electron chi connectivity index (χ0n) is 20.6. The Kier molecular flexibility index (Phi) is 9.14. The molecule has 0 saturated carbocycles. The third-order valence-electron chi connectivity index (χ3n) is 6.09. The summed E-state index contributed by atoms with van der Waals surface area (Å²) in [5, 5.41) is 9.67. The molecule has 0 spiro atoms. The van der Waals surface area contributed by atoms with Gasteiger partial charge in [0.1, 0.15) is 17.6 Å². The van der Waals surface area contributed by atoms with Crippen molar-refractivity contribution in [1.82, 2.24) is 0 Å². The van der Waals surface area contributed by atoms with E-state index in [0.717, 1.165) is 27.8 Å². The van der Waals surface area contributed by atoms with Crippen LogP contribution in [0.3, 0.4) is 0 Å². The SMILES string of the molecule is CCC(CC)(Oc1cc(C)c(C(O)c2ccc(OCOC)c(C(C)C)c2)c(C)c1)P(=O)(O)O. The quantitative estimate of drug-likeness (QED) is 0.285. The van der Waals surface area contributed by atoms with Crippen LogP contribution in [0.1, 0.15) is 80.4 Å². The minimum atomic E-state index is -4.50. The van der Waals surface area contributed by atoms with E-state index in [1.807, 2.05) is 32.0 Å². The fraction of sp³-hybridized carbons (Fsp3) is 0.520. The number of benzene rings is 2. The molecule has 0 aromatic heterocycles. The van der Waals surface area contributed by atoms with E-state index in [2.05, 4.69) is 13.8 Å². The van der Waals surface area contributed by atoms with Crippen LogP contribution in [0, 0.1) is 13.8 Å². The number of hydrogen-bond donors (Lipinski definition) is 3. The Labute approximate surface area is 196 Å². The van der Waals surface area contributed by atoms with E-state index in [4.69, 9.17) is 14.2 Å². The molecule has 7 nitrogen and oxygen atoms in total. The van der Waals surface area contributed by atoms with Crippen molar-refractivity contribution in [3.63, 3.8) is 0 Å². The molecule has 2 rings (SSSR count). The fourth-order valence-corrected chi connectivity index (χ4v) is 5.17. The van der Waals surface area contributed by atoms with Gasteiger partial charge in [-0.15, -0.1) is 0 Å². The summed E-state index contributed by atoms with van der Waals surface area (Å²) >= 11 is 0. The lowest BCUT2D eigenvalue weighted by molar-refractivity contribution is 0.0502. The van der Waals surface area contributed by atoms with E-state index in [0.29, 0.717) is 11.5 Å². The highest BCUT2D eigenvalue weighted by atomic mass is 31.2. The first-order chi connectivity index (χ1) is 15.4. The number of aliphatic hydroxyl groups is 1. The summed E-state index contributed by atoms with van der Waals surface area (Å²) in [5.74, 6) is 1.28. The summed E-state index contributed by atoms with van der Waals surface area (Å²) in [5.41, 5.74) is 3.98. The highest BCUT2D eigenvalue weighted by molar-refractivity contribution is 7.53. The zero-order chi connectivity index (χ0) is 25.0. The van der Waals surface area contributed by atoms with Gasteiger partial charge in [-0.05, 0) is 84.7 Å². The Morgan fingerprint density at radius 3 is 2.06 bits per heavy atom. The molecule has 0 aliphatic rings. The van der Waals surface area contributed by atoms with Crippen molar-refractivity contribution in [3.8, 4) is 11.5 Å². The van der Waals surface area contributed by atoms with Gasteiger partial charge in [0.25, 0.3) is 0 Å². The Hall–Kier alpha value is -1.89. The number of aliphatic hydroxyl groups excluding tert-OH is 1. The summed E-state index contributed by atoms with van der Waals surface area (Å²) in [4.78, 5) is 19.8. The third kappa shape index (κ3) is 5.97. The molecule has 0 bridgehead atoms. The normalized spacial score (nSPS) is 13.3. The Morgan fingerprint density at radius 1 is 1.03 bits per heavy atom. The van der Waals surface area contributed by atoms with Crippen LogP contribution >= 0.6 is 7.60 Å². The number of aryl methyl sites for hydroxylation is 2. The van der Waals surface area contributed by atoms with Crippen LogP contribution < -0.4 is 9.47 Å². The van der Waals surface area contributed by atoms with Crippen LogP contribution in [0.5, 0.6) is 11.5 Å². The number of rotatable bonds is 11. The van der Waals surface area contributed by atoms with Gasteiger partial charge in [-0.1, -0.05) is 33.8 Å². The van der Waals surface area contributed by atoms with Crippen LogP contribution in [0.25, 0.3) is 0 Å². The molecule has 184 valence electrons. The summed E-state index contributed by atoms with van der Waals surface area (Å²) in [6.45, 7) is 11.4. The van der Waals surface area contributed by atoms with Gasteiger partial charge in [0.2, 0.25) is 5.34 Å². The minimum absolute atomic E-state index is 0.146. The molecule has 2 aromatic rings. The van der Waals surface area contributed by atoms with Crippen LogP contribution in [-0.4, -0.2) is 34.1 Å². The smallest absolute Gasteiger partial charge is 0.368 e. The van der Waals surface area contributed by atoms with Crippen molar-refractivity contribution >= 4 is 7.60 Å². The molecule has 0 amide bonds. The minimum Gasteiger partial charge on any atom is -0.475 e. The number of hydrogen-bond acceptors (Lipinski definition) is 5. The topological polar surface area (TPSA) is 105 Å². The van der Waals surface area contributed by atoms with Crippen LogP contribution in [0.4, 0.5) is 0 Å². The molecule has 8 heteroatoms. The molecule has 0 aliphatic heterocycles. The molecule has 0 aliphatic carbocycles. The number of ether oxygens (including phenoxy) is 3. The summed E-state index contributed by atoms with van der Waals surface area (Å²) < 4.78 is 28.7. The maximum Gasteiger partial charge on any atom is 0.368 e. The average molecular weight is 481 g/mol. The number of methoxy groups -OCH3 is 1. The maximum atomic E-state index is 12.1. The first-order valence-electron chi connectivity index (χ1n) is 11.2. The molecule has 1 unspecified atom stereocenters. The summed E-state index contributed by atoms with van der Waals surface area (Å²) in [6.07, 6.45) is -0.533. The van der Waals surface area contributed by atoms with Crippen molar-refractivity contribution in [2.75, 3.05) is 13.9 Å². The standard InChI is InChI=1S/C25H37O7P/c1-8-25(9-2,33(27,28)29)32-20-12-17(5)23(18(6)13-20)24(26)19-10-11-22(31-15-30-7)21(14-19)16(3)4/h10-14,16,24,26H,8-9,15H2,1-7H3,(H2,27,28,29). The molecule has 33 heavy (non-hydrogen) atoms. The first-order valence-corrected chi connectivity index (χ1v) is 12.8. The van der Waals surface area contributed by atoms with Gasteiger partial charge in [-0.25, -0.2) is 0 Å². The Balaban J connectivity index is 2.44. The second kappa shape index (κ2) is 11.0. The van der Waals surface area contributed by atoms with E-state index in [-0.39, 0.29) is 25.6 Å². The van der Waals surface area contributed by atoms with Crippen LogP contribution in [0.15, 0.2) is 30.3 Å². The second-order valence-electron chi connectivity index (χ2n) is 8.68. The van der Waals surface area contributed by atoms with Gasteiger partial charge >= 0.3 is 7.60 Å². The monoisotopic (exact) mass is 480 g/mol. The van der Waals surface area contributed by atoms with E-state index in [1.165, 1.54) is 0 Å². The summed E-state index contributed by atoms with van der Waals surface area (Å²) in [7, 11) is -2.94. The summed E-state index contributed by atoms with van der Waals surface area (Å²) in [6, 6.07) is 9.06. The lowest BCUT2D eigenvalue weighted by atomic mass is 9.90. The zero-order valence-corrected chi connectivity index (χ0v) is 21.5. The van der Waals surface area contributed by atoms with Crippen LogP contribution in [-0.2, 0) is 9.30 Å². The second-order valence-corrected chi connectivity index (χ2v) is 10.6. The van der Waals surface area contributed by atoms with Gasteiger partial charge < -0.3 is 29.1 Å². The van der Waals surface area contributed by atoms with Crippen molar-refractivity contribution in [1.29, 1.82) is 0 Å². The molecule has 0 radical (unpaired) electrons. The van der Waals surface area contributed by atoms with Crippen LogP contribution in [0.2, 0.25) is 0 Å². The van der Waals surface area contributed by atoms with E-state index in [9.17, 15) is 19.5 Å². The Morgan fingerprint density at radius 2 is 1.61 bits per heavy atom. The lowest BCUT2D eigenvalue weighted by Gasteiger charge is -2.33. The maximum absolute atomic E-state index is 12.1. The highest BCUT2D eigenvalue weighted by Gasteiger charge is 2.46. The van der Waals surface area contributed by atoms with Crippen molar-refractivity contribution < 1.29 is 33.7 Å². The third-order valence-corrected chi connectivity index (χ3v) is 7.87. The molecule has 3 N–H and O–H groups in total. The van der Waals surface area contributed by atoms with E-state index >= 15 is 0 Å². The van der Waals surface area contributed by atoms with Gasteiger partial charge in [-0.2, -0.15) is 0 Å². The molecule has 0 fully saturated rings. The lowest BCUT2D eigenvalue weighted by Crippen LogP contribution is -2.34. The van der Waals surface area contributed by atoms with Gasteiger partial charge in [-0.3, -0.25) is 4.57 Å². The van der Waals surface area contributed by atoms with Gasteiger partial charge in [0.15, 0.2) is 6.79 Å². The van der Waals surface area contributed by atoms with Gasteiger partial charge in [0.05, 0.1) is 0 Å². The molecular formula is C25H37O7P. The average Bonchev–Trinajstić information content (AvgIpc) is 2.74. The molecular weight excluding hydrogens is 443 g/mol. The largest absolute Gasteiger partial charge is 0.475 e. The predicted molar refractivity (Wildman–Crippen MR) is 129 cm³/mol. The van der Waals surface area contributed by atoms with Crippen molar-refractivity contribution in [3.05, 3.63) is 58.1 Å². The first kappa shape index (κ1) is 27.4. The molecule has 1 atom stereocenters. The van der Waals surface area contributed by atoms with Crippen molar-refractivity contribution in [2.45, 2.75) is 71.7 Å². The molecule has 2 aromatic carbocycles. The molecule has 0 saturated heterocycles. The highest BCUT2D eigenvalue weighted by Crippen LogP contribution is 2.55. The van der Waals surface area contributed by atoms with E-state index in [1.54, 1.807) is 33.1 Å².